The van der Waals surface area contributed by atoms with Crippen molar-refractivity contribution in [3.8, 4) is 0 Å². The average molecular weight is 270 g/mol. The van der Waals surface area contributed by atoms with Gasteiger partial charge in [-0.2, -0.15) is 13.2 Å². The monoisotopic (exact) mass is 270 g/mol. The zero-order valence-corrected chi connectivity index (χ0v) is 10.4. The van der Waals surface area contributed by atoms with Crippen LogP contribution in [0, 0.1) is 0 Å². The summed E-state index contributed by atoms with van der Waals surface area (Å²) >= 11 is 0. The highest BCUT2D eigenvalue weighted by Gasteiger charge is 2.35. The van der Waals surface area contributed by atoms with E-state index in [0.717, 1.165) is 0 Å². The molecule has 0 aromatic carbocycles. The number of aliphatic carboxylic acids is 1. The fraction of sp³-hybridized carbons (Fsp3) is 0.800. The Morgan fingerprint density at radius 2 is 1.83 bits per heavy atom. The molecule has 0 bridgehead atoms. The van der Waals surface area contributed by atoms with Crippen LogP contribution in [-0.2, 0) is 4.79 Å². The number of urea groups is 1. The van der Waals surface area contributed by atoms with Gasteiger partial charge in [-0.05, 0) is 20.3 Å². The molecule has 0 aromatic heterocycles. The third-order valence-electron chi connectivity index (χ3n) is 2.24. The number of nitrogens with one attached hydrogen (secondary N) is 1. The standard InChI is InChI=1S/C10H17F3N2O3/c1-4-7(8(16)17)14-9(18)15(6(2)3)5-10(11,12)13/h6-7H,4-5H2,1-3H3,(H,14,18)(H,16,17)/t7-/m0/s1. The van der Waals surface area contributed by atoms with Crippen molar-refractivity contribution in [2.45, 2.75) is 45.5 Å². The first-order chi connectivity index (χ1) is 8.08. The van der Waals surface area contributed by atoms with E-state index in [0.29, 0.717) is 4.90 Å². The van der Waals surface area contributed by atoms with Gasteiger partial charge in [0, 0.05) is 6.04 Å². The molecule has 0 radical (unpaired) electrons. The molecule has 0 saturated heterocycles. The van der Waals surface area contributed by atoms with Crippen molar-refractivity contribution >= 4 is 12.0 Å². The topological polar surface area (TPSA) is 69.6 Å². The van der Waals surface area contributed by atoms with Gasteiger partial charge in [-0.25, -0.2) is 9.59 Å². The fourth-order valence-electron chi connectivity index (χ4n) is 1.25. The highest BCUT2D eigenvalue weighted by Crippen LogP contribution is 2.18. The molecule has 1 atom stereocenters. The Morgan fingerprint density at radius 3 is 2.11 bits per heavy atom. The summed E-state index contributed by atoms with van der Waals surface area (Å²) < 4.78 is 36.8. The van der Waals surface area contributed by atoms with Crippen LogP contribution in [0.1, 0.15) is 27.2 Å². The number of nitrogens with zero attached hydrogens (tertiary/aromatic N) is 1. The number of halogens is 3. The number of hydrogen-bond donors (Lipinski definition) is 2. The van der Waals surface area contributed by atoms with E-state index in [1.807, 2.05) is 0 Å². The van der Waals surface area contributed by atoms with E-state index in [9.17, 15) is 22.8 Å². The van der Waals surface area contributed by atoms with Crippen LogP contribution in [0.5, 0.6) is 0 Å². The fourth-order valence-corrected chi connectivity index (χ4v) is 1.25. The van der Waals surface area contributed by atoms with E-state index in [1.165, 1.54) is 20.8 Å². The maximum Gasteiger partial charge on any atom is 0.406 e. The molecule has 0 saturated carbocycles. The second kappa shape index (κ2) is 6.46. The Morgan fingerprint density at radius 1 is 1.33 bits per heavy atom. The third-order valence-corrected chi connectivity index (χ3v) is 2.24. The van der Waals surface area contributed by atoms with Crippen LogP contribution in [0.15, 0.2) is 0 Å². The smallest absolute Gasteiger partial charge is 0.406 e. The summed E-state index contributed by atoms with van der Waals surface area (Å²) in [5.41, 5.74) is 0. The molecule has 106 valence electrons. The van der Waals surface area contributed by atoms with Crippen LogP contribution in [0.25, 0.3) is 0 Å². The second-order valence-corrected chi connectivity index (χ2v) is 4.09. The zero-order valence-electron chi connectivity index (χ0n) is 10.4. The summed E-state index contributed by atoms with van der Waals surface area (Å²) in [7, 11) is 0. The van der Waals surface area contributed by atoms with E-state index >= 15 is 0 Å². The van der Waals surface area contributed by atoms with Crippen molar-refractivity contribution in [2.75, 3.05) is 6.54 Å². The second-order valence-electron chi connectivity index (χ2n) is 4.09. The predicted octanol–water partition coefficient (Wildman–Crippen LogP) is 1.83. The predicted molar refractivity (Wildman–Crippen MR) is 58.1 cm³/mol. The normalized spacial score (nSPS) is 13.3. The Bertz CT molecular complexity index is 305. The third kappa shape index (κ3) is 5.74. The molecule has 0 aliphatic carbocycles. The summed E-state index contributed by atoms with van der Waals surface area (Å²) in [5, 5.41) is 10.8. The maximum atomic E-state index is 12.3. The quantitative estimate of drug-likeness (QED) is 0.800. The molecular weight excluding hydrogens is 253 g/mol. The Balaban J connectivity index is 4.72. The van der Waals surface area contributed by atoms with Crippen LogP contribution >= 0.6 is 0 Å². The summed E-state index contributed by atoms with van der Waals surface area (Å²) in [6.07, 6.45) is -4.43. The highest BCUT2D eigenvalue weighted by molar-refractivity contribution is 5.82. The number of alkyl halides is 3. The van der Waals surface area contributed by atoms with Gasteiger partial charge in [0.2, 0.25) is 0 Å². The van der Waals surface area contributed by atoms with Gasteiger partial charge < -0.3 is 15.3 Å². The SMILES string of the molecule is CC[C@H](NC(=O)N(CC(F)(F)F)C(C)C)C(=O)O. The van der Waals surface area contributed by atoms with Crippen molar-refractivity contribution in [3.63, 3.8) is 0 Å². The molecule has 18 heavy (non-hydrogen) atoms. The number of hydrogen-bond acceptors (Lipinski definition) is 2. The lowest BCUT2D eigenvalue weighted by Crippen LogP contribution is -2.52. The van der Waals surface area contributed by atoms with Crippen molar-refractivity contribution in [3.05, 3.63) is 0 Å². The molecule has 0 aliphatic heterocycles. The summed E-state index contributed by atoms with van der Waals surface area (Å²) in [6, 6.07) is -2.90. The van der Waals surface area contributed by atoms with E-state index < -0.39 is 36.8 Å². The van der Waals surface area contributed by atoms with E-state index in [4.69, 9.17) is 5.11 Å². The van der Waals surface area contributed by atoms with E-state index in [1.54, 1.807) is 0 Å². The van der Waals surface area contributed by atoms with Crippen molar-refractivity contribution in [2.24, 2.45) is 0 Å². The first-order valence-electron chi connectivity index (χ1n) is 5.45. The Hall–Kier alpha value is -1.47. The molecule has 8 heteroatoms. The number of carbonyl (C=O) groups is 2. The maximum absolute atomic E-state index is 12.3. The first kappa shape index (κ1) is 16.5. The van der Waals surface area contributed by atoms with Crippen LogP contribution < -0.4 is 5.32 Å². The van der Waals surface area contributed by atoms with Gasteiger partial charge in [-0.15, -0.1) is 0 Å². The lowest BCUT2D eigenvalue weighted by atomic mass is 10.2. The molecule has 0 heterocycles. The van der Waals surface area contributed by atoms with Gasteiger partial charge in [-0.1, -0.05) is 6.92 Å². The molecular formula is C10H17F3N2O3. The molecule has 0 unspecified atom stereocenters. The van der Waals surface area contributed by atoms with Crippen molar-refractivity contribution < 1.29 is 27.9 Å². The number of carboxylic acid groups (broad SMARTS) is 1. The van der Waals surface area contributed by atoms with Crippen LogP contribution in [0.3, 0.4) is 0 Å². The summed E-state index contributed by atoms with van der Waals surface area (Å²) in [4.78, 5) is 22.8. The van der Waals surface area contributed by atoms with Crippen molar-refractivity contribution in [1.82, 2.24) is 10.2 Å². The van der Waals surface area contributed by atoms with E-state index in [2.05, 4.69) is 5.32 Å². The molecule has 2 amide bonds. The van der Waals surface area contributed by atoms with Crippen LogP contribution in [0.2, 0.25) is 0 Å². The molecule has 0 fully saturated rings. The van der Waals surface area contributed by atoms with Gasteiger partial charge >= 0.3 is 18.2 Å². The molecule has 2 N–H and O–H groups in total. The minimum atomic E-state index is -4.52. The van der Waals surface area contributed by atoms with Crippen LogP contribution in [-0.4, -0.2) is 46.8 Å². The average Bonchev–Trinajstić information content (AvgIpc) is 2.20. The van der Waals surface area contributed by atoms with Gasteiger partial charge in [0.15, 0.2) is 0 Å². The molecule has 5 nitrogen and oxygen atoms in total. The number of rotatable bonds is 5. The number of amides is 2. The molecule has 0 rings (SSSR count). The Labute approximate surface area is 103 Å². The van der Waals surface area contributed by atoms with E-state index in [-0.39, 0.29) is 6.42 Å². The Kier molecular flexibility index (Phi) is 5.93. The van der Waals surface area contributed by atoms with Crippen LogP contribution in [0.4, 0.5) is 18.0 Å². The molecule has 0 aromatic rings. The van der Waals surface area contributed by atoms with Gasteiger partial charge in [0.1, 0.15) is 12.6 Å². The number of carboxylic acids is 1. The van der Waals surface area contributed by atoms with Gasteiger partial charge in [0.05, 0.1) is 0 Å². The lowest BCUT2D eigenvalue weighted by molar-refractivity contribution is -0.143. The molecule has 0 spiro atoms. The highest BCUT2D eigenvalue weighted by atomic mass is 19.4. The van der Waals surface area contributed by atoms with Crippen molar-refractivity contribution in [1.29, 1.82) is 0 Å². The first-order valence-corrected chi connectivity index (χ1v) is 5.45. The zero-order chi connectivity index (χ0) is 14.5. The minimum Gasteiger partial charge on any atom is -0.480 e. The lowest BCUT2D eigenvalue weighted by Gasteiger charge is -2.29. The summed E-state index contributed by atoms with van der Waals surface area (Å²) in [5.74, 6) is -1.28. The molecule has 0 aliphatic rings. The largest absolute Gasteiger partial charge is 0.480 e. The summed E-state index contributed by atoms with van der Waals surface area (Å²) in [6.45, 7) is 2.95. The van der Waals surface area contributed by atoms with Gasteiger partial charge in [0.25, 0.3) is 0 Å². The van der Waals surface area contributed by atoms with Gasteiger partial charge in [-0.3, -0.25) is 0 Å². The number of carbonyl (C=O) groups excluding carboxylic acids is 1. The minimum absolute atomic E-state index is 0.0963.